The van der Waals surface area contributed by atoms with Gasteiger partial charge < -0.3 is 4.98 Å². The van der Waals surface area contributed by atoms with E-state index >= 15 is 0 Å². The molecule has 0 radical (unpaired) electrons. The van der Waals surface area contributed by atoms with Crippen LogP contribution in [0.25, 0.3) is 21.8 Å². The van der Waals surface area contributed by atoms with Crippen LogP contribution in [0, 0.1) is 6.07 Å². The second kappa shape index (κ2) is 3.77. The van der Waals surface area contributed by atoms with Gasteiger partial charge >= 0.3 is 29.6 Å². The fourth-order valence-electron chi connectivity index (χ4n) is 1.73. The molecule has 1 N–H and O–H groups in total. The summed E-state index contributed by atoms with van der Waals surface area (Å²) in [5.74, 6) is 0. The minimum atomic E-state index is 0. The summed E-state index contributed by atoms with van der Waals surface area (Å²) in [5, 5.41) is 2.52. The van der Waals surface area contributed by atoms with Gasteiger partial charge in [-0.25, -0.2) is 0 Å². The van der Waals surface area contributed by atoms with Crippen LogP contribution in [-0.4, -0.2) is 4.98 Å². The van der Waals surface area contributed by atoms with Crippen molar-refractivity contribution in [2.75, 3.05) is 0 Å². The summed E-state index contributed by atoms with van der Waals surface area (Å²) in [5.41, 5.74) is 2.27. The van der Waals surface area contributed by atoms with Gasteiger partial charge in [-0.05, 0) is 11.5 Å². The van der Waals surface area contributed by atoms with Crippen LogP contribution in [-0.2, 0) is 0 Å². The molecule has 0 atom stereocenters. The van der Waals surface area contributed by atoms with Gasteiger partial charge in [0.25, 0.3) is 0 Å². The summed E-state index contributed by atoms with van der Waals surface area (Å²) in [6.45, 7) is 0. The number of rotatable bonds is 0. The fraction of sp³-hybridized carbons (Fsp3) is 0. The Morgan fingerprint density at radius 3 is 2.64 bits per heavy atom. The molecule has 0 saturated carbocycles. The Hall–Kier alpha value is -0.760. The van der Waals surface area contributed by atoms with E-state index in [1.807, 2.05) is 18.2 Å². The van der Waals surface area contributed by atoms with Gasteiger partial charge in [0.15, 0.2) is 0 Å². The fourth-order valence-corrected chi connectivity index (χ4v) is 1.73. The maximum atomic E-state index is 3.32. The third kappa shape index (κ3) is 1.38. The van der Waals surface area contributed by atoms with Crippen LogP contribution in [0.2, 0.25) is 0 Å². The van der Waals surface area contributed by atoms with E-state index in [9.17, 15) is 0 Å². The second-order valence-electron chi connectivity index (χ2n) is 3.13. The summed E-state index contributed by atoms with van der Waals surface area (Å²) in [4.78, 5) is 3.32. The Balaban J connectivity index is 0.000000750. The zero-order valence-electron chi connectivity index (χ0n) is 8.04. The van der Waals surface area contributed by atoms with Crippen molar-refractivity contribution in [2.24, 2.45) is 0 Å². The Morgan fingerprint density at radius 2 is 1.71 bits per heavy atom. The van der Waals surface area contributed by atoms with Crippen LogP contribution in [0.5, 0.6) is 0 Å². The molecule has 14 heavy (non-hydrogen) atoms. The van der Waals surface area contributed by atoms with E-state index in [1.54, 1.807) is 0 Å². The quantitative estimate of drug-likeness (QED) is 0.382. The standard InChI is InChI=1S/C12H8N.Na/c1-3-7-11-9(5-1)10-6-2-4-8-12(10)13-11;/h1-7,13H;/q-1;+1. The number of H-pyrrole nitrogens is 1. The molecule has 1 nitrogen and oxygen atoms in total. The van der Waals surface area contributed by atoms with Crippen molar-refractivity contribution in [3.8, 4) is 0 Å². The first-order valence-corrected chi connectivity index (χ1v) is 4.32. The van der Waals surface area contributed by atoms with Crippen molar-refractivity contribution in [3.63, 3.8) is 0 Å². The first kappa shape index (κ1) is 9.78. The van der Waals surface area contributed by atoms with Crippen molar-refractivity contribution in [1.82, 2.24) is 4.98 Å². The Morgan fingerprint density at radius 1 is 0.929 bits per heavy atom. The summed E-state index contributed by atoms with van der Waals surface area (Å²) >= 11 is 0. The predicted molar refractivity (Wildman–Crippen MR) is 54.6 cm³/mol. The monoisotopic (exact) mass is 189 g/mol. The maximum Gasteiger partial charge on any atom is 1.00 e. The molecular weight excluding hydrogens is 181 g/mol. The van der Waals surface area contributed by atoms with E-state index in [-0.39, 0.29) is 29.6 Å². The third-order valence-electron chi connectivity index (χ3n) is 2.33. The number of hydrogen-bond acceptors (Lipinski definition) is 0. The van der Waals surface area contributed by atoms with E-state index in [4.69, 9.17) is 0 Å². The van der Waals surface area contributed by atoms with Crippen molar-refractivity contribution >= 4 is 21.8 Å². The second-order valence-corrected chi connectivity index (χ2v) is 3.13. The normalized spacial score (nSPS) is 10.3. The van der Waals surface area contributed by atoms with Crippen LogP contribution in [0.4, 0.5) is 0 Å². The molecular formula is C12H8NNa. The molecule has 0 spiro atoms. The number of nitrogens with one attached hydrogen (secondary N) is 1. The number of fused-ring (bicyclic) bond motifs is 3. The van der Waals surface area contributed by atoms with E-state index in [2.05, 4.69) is 35.3 Å². The van der Waals surface area contributed by atoms with Crippen molar-refractivity contribution in [1.29, 1.82) is 0 Å². The molecule has 2 heteroatoms. The molecule has 0 fully saturated rings. The molecule has 0 aliphatic rings. The molecule has 0 bridgehead atoms. The molecule has 0 amide bonds. The zero-order chi connectivity index (χ0) is 8.67. The first-order valence-electron chi connectivity index (χ1n) is 4.32. The Kier molecular flexibility index (Phi) is 2.64. The average molecular weight is 189 g/mol. The smallest absolute Gasteiger partial charge is 0.378 e. The van der Waals surface area contributed by atoms with Crippen LogP contribution in [0.1, 0.15) is 0 Å². The molecule has 1 aromatic heterocycles. The number of aromatic nitrogens is 1. The summed E-state index contributed by atoms with van der Waals surface area (Å²) in [6.07, 6.45) is 0. The van der Waals surface area contributed by atoms with Gasteiger partial charge in [0.05, 0.1) is 0 Å². The van der Waals surface area contributed by atoms with Gasteiger partial charge in [-0.3, -0.25) is 0 Å². The van der Waals surface area contributed by atoms with Crippen molar-refractivity contribution in [2.45, 2.75) is 0 Å². The van der Waals surface area contributed by atoms with Gasteiger partial charge in [0, 0.05) is 5.52 Å². The number of para-hydroxylation sites is 2. The molecule has 2 aromatic carbocycles. The molecule has 3 aromatic rings. The Bertz CT molecular complexity index is 518. The number of hydrogen-bond donors (Lipinski definition) is 1. The van der Waals surface area contributed by atoms with Gasteiger partial charge in [0.1, 0.15) is 0 Å². The van der Waals surface area contributed by atoms with Gasteiger partial charge in [-0.15, -0.1) is 5.39 Å². The first-order chi connectivity index (χ1) is 6.45. The molecule has 0 aliphatic heterocycles. The van der Waals surface area contributed by atoms with Crippen LogP contribution in [0.15, 0.2) is 42.5 Å². The van der Waals surface area contributed by atoms with E-state index in [1.165, 1.54) is 16.3 Å². The van der Waals surface area contributed by atoms with Crippen molar-refractivity contribution in [3.05, 3.63) is 48.5 Å². The average Bonchev–Trinajstić information content (AvgIpc) is 2.56. The van der Waals surface area contributed by atoms with Crippen LogP contribution < -0.4 is 29.6 Å². The van der Waals surface area contributed by atoms with E-state index in [0.717, 1.165) is 5.52 Å². The molecule has 62 valence electrons. The van der Waals surface area contributed by atoms with Gasteiger partial charge in [-0.2, -0.15) is 24.3 Å². The topological polar surface area (TPSA) is 15.8 Å². The largest absolute Gasteiger partial charge is 1.00 e. The van der Waals surface area contributed by atoms with Crippen LogP contribution >= 0.6 is 0 Å². The van der Waals surface area contributed by atoms with Gasteiger partial charge in [0.2, 0.25) is 0 Å². The predicted octanol–water partition coefficient (Wildman–Crippen LogP) is 0.125. The zero-order valence-corrected chi connectivity index (χ0v) is 10.0. The molecule has 0 unspecified atom stereocenters. The molecule has 1 heterocycles. The SMILES string of the molecule is [Na+].[c-]1cccc2c1[nH]c1ccccc12. The molecule has 0 saturated heterocycles. The van der Waals surface area contributed by atoms with Gasteiger partial charge in [-0.1, -0.05) is 23.7 Å². The van der Waals surface area contributed by atoms with E-state index < -0.39 is 0 Å². The maximum absolute atomic E-state index is 3.32. The number of aromatic amines is 1. The summed E-state index contributed by atoms with van der Waals surface area (Å²) < 4.78 is 0. The molecule has 3 rings (SSSR count). The van der Waals surface area contributed by atoms with E-state index in [0.29, 0.717) is 0 Å². The minimum Gasteiger partial charge on any atom is -0.378 e. The van der Waals surface area contributed by atoms with Crippen LogP contribution in [0.3, 0.4) is 0 Å². The Labute approximate surface area is 104 Å². The molecule has 0 aliphatic carbocycles. The number of benzene rings is 2. The third-order valence-corrected chi connectivity index (χ3v) is 2.33. The van der Waals surface area contributed by atoms with Crippen molar-refractivity contribution < 1.29 is 29.6 Å². The summed E-state index contributed by atoms with van der Waals surface area (Å²) in [7, 11) is 0. The summed E-state index contributed by atoms with van der Waals surface area (Å²) in [6, 6.07) is 17.6. The minimum absolute atomic E-state index is 0.